The first-order valence-corrected chi connectivity index (χ1v) is 17.4. The van der Waals surface area contributed by atoms with E-state index >= 15 is 0 Å². The zero-order valence-corrected chi connectivity index (χ0v) is 27.1. The van der Waals surface area contributed by atoms with Gasteiger partial charge in [-0.25, -0.2) is 27.8 Å². The molecular formula is C31H42FN11O2S. The van der Waals surface area contributed by atoms with Crippen LogP contribution in [0.2, 0.25) is 0 Å². The van der Waals surface area contributed by atoms with E-state index in [1.54, 1.807) is 12.3 Å². The number of halogens is 1. The van der Waals surface area contributed by atoms with Gasteiger partial charge in [0.25, 0.3) is 10.0 Å². The highest BCUT2D eigenvalue weighted by Crippen LogP contribution is 2.33. The Bertz CT molecular complexity index is 1710. The highest BCUT2D eigenvalue weighted by molar-refractivity contribution is 7.90. The molecule has 0 atom stereocenters. The Morgan fingerprint density at radius 3 is 2.59 bits per heavy atom. The summed E-state index contributed by atoms with van der Waals surface area (Å²) in [5.74, 6) is 1.46. The molecule has 2 fully saturated rings. The average Bonchev–Trinajstić information content (AvgIpc) is 3.61. The number of nitrogens with one attached hydrogen (secondary N) is 3. The summed E-state index contributed by atoms with van der Waals surface area (Å²) in [6.45, 7) is 1.86. The minimum atomic E-state index is -3.48. The van der Waals surface area contributed by atoms with Crippen molar-refractivity contribution in [2.45, 2.75) is 68.8 Å². The van der Waals surface area contributed by atoms with E-state index in [9.17, 15) is 12.8 Å². The standard InChI is InChI=1S/C31H42FN11O2S/c1-41(2)15-3-16-42-17-11-27(40-42)26-20-35-30(18-28(26)37-24-6-4-23(5-7-24)33-14-12-32)38-29-10-13-34-31(39-29)22-19-36-43(21-22)46(44,45)25-8-9-25/h10-11,13,17-21,23-25,33H,3-9,12,14-16H2,1-2H3,(H2,34,35,37,38,39). The van der Waals surface area contributed by atoms with Gasteiger partial charge >= 0.3 is 0 Å². The Kier molecular flexibility index (Phi) is 9.89. The molecule has 2 aliphatic rings. The van der Waals surface area contributed by atoms with Gasteiger partial charge in [0.2, 0.25) is 0 Å². The molecule has 2 aliphatic carbocycles. The van der Waals surface area contributed by atoms with Crippen LogP contribution in [0.25, 0.3) is 22.6 Å². The predicted octanol–water partition coefficient (Wildman–Crippen LogP) is 3.92. The molecule has 0 radical (unpaired) electrons. The monoisotopic (exact) mass is 651 g/mol. The smallest absolute Gasteiger partial charge is 0.256 e. The molecule has 46 heavy (non-hydrogen) atoms. The van der Waals surface area contributed by atoms with Gasteiger partial charge in [0.05, 0.1) is 28.9 Å². The van der Waals surface area contributed by atoms with E-state index in [-0.39, 0.29) is 18.0 Å². The molecule has 0 aliphatic heterocycles. The van der Waals surface area contributed by atoms with Crippen LogP contribution >= 0.6 is 0 Å². The fourth-order valence-corrected chi connectivity index (χ4v) is 7.20. The maximum atomic E-state index is 12.7. The number of aromatic nitrogens is 7. The van der Waals surface area contributed by atoms with Crippen LogP contribution in [0.1, 0.15) is 44.9 Å². The van der Waals surface area contributed by atoms with Crippen molar-refractivity contribution in [1.29, 1.82) is 0 Å². The topological polar surface area (TPSA) is 148 Å². The quantitative estimate of drug-likeness (QED) is 0.172. The van der Waals surface area contributed by atoms with Crippen molar-refractivity contribution in [1.82, 2.24) is 44.1 Å². The zero-order chi connectivity index (χ0) is 32.1. The third kappa shape index (κ3) is 7.88. The summed E-state index contributed by atoms with van der Waals surface area (Å²) in [5.41, 5.74) is 3.17. The molecule has 15 heteroatoms. The summed E-state index contributed by atoms with van der Waals surface area (Å²) in [4.78, 5) is 15.8. The van der Waals surface area contributed by atoms with Crippen molar-refractivity contribution in [3.63, 3.8) is 0 Å². The molecule has 246 valence electrons. The summed E-state index contributed by atoms with van der Waals surface area (Å²) in [7, 11) is 0.653. The van der Waals surface area contributed by atoms with E-state index in [2.05, 4.69) is 50.0 Å². The molecule has 0 unspecified atom stereocenters. The lowest BCUT2D eigenvalue weighted by Gasteiger charge is -2.30. The van der Waals surface area contributed by atoms with Gasteiger partial charge in [-0.15, -0.1) is 0 Å². The highest BCUT2D eigenvalue weighted by atomic mass is 32.2. The van der Waals surface area contributed by atoms with Gasteiger partial charge in [0.15, 0.2) is 5.82 Å². The lowest BCUT2D eigenvalue weighted by Crippen LogP contribution is -2.37. The molecule has 0 spiro atoms. The van der Waals surface area contributed by atoms with Gasteiger partial charge in [-0.05, 0) is 77.7 Å². The second kappa shape index (κ2) is 14.2. The van der Waals surface area contributed by atoms with Gasteiger partial charge < -0.3 is 20.9 Å². The van der Waals surface area contributed by atoms with Crippen LogP contribution in [0.3, 0.4) is 0 Å². The van der Waals surface area contributed by atoms with Crippen molar-refractivity contribution < 1.29 is 12.8 Å². The number of hydrogen-bond donors (Lipinski definition) is 3. The normalized spacial score (nSPS) is 18.6. The molecule has 0 bridgehead atoms. The number of anilines is 3. The second-order valence-electron chi connectivity index (χ2n) is 12.3. The van der Waals surface area contributed by atoms with Crippen LogP contribution in [0.4, 0.5) is 21.7 Å². The van der Waals surface area contributed by atoms with E-state index in [4.69, 9.17) is 10.1 Å². The largest absolute Gasteiger partial charge is 0.382 e. The Morgan fingerprint density at radius 2 is 1.83 bits per heavy atom. The molecule has 0 amide bonds. The fourth-order valence-electron chi connectivity index (χ4n) is 5.72. The van der Waals surface area contributed by atoms with Crippen LogP contribution in [-0.2, 0) is 16.6 Å². The van der Waals surface area contributed by atoms with Gasteiger partial charge in [-0.1, -0.05) is 0 Å². The summed E-state index contributed by atoms with van der Waals surface area (Å²) in [6.07, 6.45) is 14.6. The zero-order valence-electron chi connectivity index (χ0n) is 26.3. The molecule has 4 aromatic rings. The summed E-state index contributed by atoms with van der Waals surface area (Å²) >= 11 is 0. The first-order chi connectivity index (χ1) is 22.3. The molecule has 4 heterocycles. The van der Waals surface area contributed by atoms with Gasteiger partial charge in [0.1, 0.15) is 18.3 Å². The molecule has 3 N–H and O–H groups in total. The number of rotatable bonds is 15. The van der Waals surface area contributed by atoms with E-state index < -0.39 is 10.0 Å². The molecule has 0 aromatic carbocycles. The predicted molar refractivity (Wildman–Crippen MR) is 176 cm³/mol. The van der Waals surface area contributed by atoms with Crippen molar-refractivity contribution >= 4 is 27.3 Å². The molecule has 4 aromatic heterocycles. The number of pyridine rings is 1. The Labute approximate surface area is 269 Å². The SMILES string of the molecule is CN(C)CCCn1ccc(-c2cnc(Nc3ccnc(-c4cnn(S(=O)(=O)C5CC5)c4)n3)cc2NC2CCC(NCCF)CC2)n1. The first kappa shape index (κ1) is 32.0. The Morgan fingerprint density at radius 1 is 1.02 bits per heavy atom. The highest BCUT2D eigenvalue weighted by Gasteiger charge is 2.37. The minimum absolute atomic E-state index is 0.258. The van der Waals surface area contributed by atoms with Crippen molar-refractivity contribution in [2.24, 2.45) is 0 Å². The van der Waals surface area contributed by atoms with Gasteiger partial charge in [0, 0.05) is 61.1 Å². The van der Waals surface area contributed by atoms with Gasteiger partial charge in [-0.2, -0.15) is 14.3 Å². The van der Waals surface area contributed by atoms with E-state index in [0.29, 0.717) is 48.5 Å². The third-order valence-electron chi connectivity index (χ3n) is 8.36. The minimum Gasteiger partial charge on any atom is -0.382 e. The number of nitrogens with zero attached hydrogens (tertiary/aromatic N) is 8. The van der Waals surface area contributed by atoms with Gasteiger partial charge in [-0.3, -0.25) is 4.68 Å². The number of aryl methyl sites for hydroxylation is 1. The van der Waals surface area contributed by atoms with Crippen LogP contribution in [0.5, 0.6) is 0 Å². The Balaban J connectivity index is 1.21. The van der Waals surface area contributed by atoms with Crippen molar-refractivity contribution in [2.75, 3.05) is 44.5 Å². The van der Waals surface area contributed by atoms with Crippen LogP contribution in [-0.4, -0.2) is 98.4 Å². The molecule has 0 saturated heterocycles. The second-order valence-corrected chi connectivity index (χ2v) is 14.4. The van der Waals surface area contributed by atoms with Crippen molar-refractivity contribution in [3.8, 4) is 22.6 Å². The van der Waals surface area contributed by atoms with E-state index in [1.165, 1.54) is 12.4 Å². The first-order valence-electron chi connectivity index (χ1n) is 15.9. The Hall–Kier alpha value is -3.95. The summed E-state index contributed by atoms with van der Waals surface area (Å²) in [6, 6.07) is 6.32. The van der Waals surface area contributed by atoms with Crippen LogP contribution < -0.4 is 16.0 Å². The fraction of sp³-hybridized carbons (Fsp3) is 0.516. The summed E-state index contributed by atoms with van der Waals surface area (Å²) < 4.78 is 40.8. The van der Waals surface area contributed by atoms with Crippen molar-refractivity contribution in [3.05, 3.63) is 49.2 Å². The average molecular weight is 652 g/mol. The lowest BCUT2D eigenvalue weighted by molar-refractivity contribution is 0.339. The maximum absolute atomic E-state index is 12.7. The third-order valence-corrected chi connectivity index (χ3v) is 10.4. The number of alkyl halides is 1. The molecular weight excluding hydrogens is 609 g/mol. The van der Waals surface area contributed by atoms with E-state index in [0.717, 1.165) is 66.2 Å². The maximum Gasteiger partial charge on any atom is 0.256 e. The molecule has 13 nitrogen and oxygen atoms in total. The number of hydrogen-bond acceptors (Lipinski definition) is 11. The van der Waals surface area contributed by atoms with Crippen LogP contribution in [0, 0.1) is 0 Å². The summed E-state index contributed by atoms with van der Waals surface area (Å²) in [5, 5.41) is 18.9. The lowest BCUT2D eigenvalue weighted by atomic mass is 9.91. The van der Waals surface area contributed by atoms with E-state index in [1.807, 2.05) is 29.2 Å². The van der Waals surface area contributed by atoms with Crippen LogP contribution in [0.15, 0.2) is 49.2 Å². The molecule has 2 saturated carbocycles. The molecule has 6 rings (SSSR count).